The Kier molecular flexibility index (Phi) is 6.26. The van der Waals surface area contributed by atoms with Crippen LogP contribution in [0.25, 0.3) is 0 Å². The van der Waals surface area contributed by atoms with Gasteiger partial charge in [-0.05, 0) is 54.7 Å². The summed E-state index contributed by atoms with van der Waals surface area (Å²) < 4.78 is 0. The summed E-state index contributed by atoms with van der Waals surface area (Å²) in [5.41, 5.74) is 3.88. The molecule has 2 aromatic rings. The lowest BCUT2D eigenvalue weighted by Crippen LogP contribution is -2.52. The zero-order valence-corrected chi connectivity index (χ0v) is 18.8. The maximum Gasteiger partial charge on any atom is 0.254 e. The van der Waals surface area contributed by atoms with Gasteiger partial charge in [0.15, 0.2) is 0 Å². The fourth-order valence-electron chi connectivity index (χ4n) is 5.54. The fourth-order valence-corrected chi connectivity index (χ4v) is 5.54. The third kappa shape index (κ3) is 4.44. The van der Waals surface area contributed by atoms with Gasteiger partial charge in [0, 0.05) is 56.4 Å². The van der Waals surface area contributed by atoms with Crippen LogP contribution in [0.4, 0.5) is 0 Å². The number of benzene rings is 2. The SMILES string of the molecule is O=C(c1ccc2c(c1)CCN(C(=O)c1ccccc1)C2)N1CCN(C2CCCCC2)CC1. The molecule has 2 heterocycles. The Bertz CT molecular complexity index is 960. The lowest BCUT2D eigenvalue weighted by molar-refractivity contribution is 0.0522. The maximum absolute atomic E-state index is 13.2. The highest BCUT2D eigenvalue weighted by Crippen LogP contribution is 2.25. The van der Waals surface area contributed by atoms with Crippen molar-refractivity contribution in [2.75, 3.05) is 32.7 Å². The number of carbonyl (C=O) groups excluding carboxylic acids is 2. The summed E-state index contributed by atoms with van der Waals surface area (Å²) in [5, 5.41) is 0. The van der Waals surface area contributed by atoms with Crippen LogP contribution in [0.3, 0.4) is 0 Å². The number of rotatable bonds is 3. The molecule has 1 aliphatic carbocycles. The van der Waals surface area contributed by atoms with E-state index in [4.69, 9.17) is 0 Å². The molecule has 0 aromatic heterocycles. The van der Waals surface area contributed by atoms with Gasteiger partial charge in [0.25, 0.3) is 11.8 Å². The van der Waals surface area contributed by atoms with Crippen molar-refractivity contribution in [2.45, 2.75) is 51.1 Å². The molecule has 0 bridgehead atoms. The van der Waals surface area contributed by atoms with Gasteiger partial charge in [0.05, 0.1) is 0 Å². The molecule has 5 heteroatoms. The van der Waals surface area contributed by atoms with Gasteiger partial charge in [0.2, 0.25) is 0 Å². The number of nitrogens with zero attached hydrogens (tertiary/aromatic N) is 3. The summed E-state index contributed by atoms with van der Waals surface area (Å²) in [5.74, 6) is 0.228. The first-order valence-corrected chi connectivity index (χ1v) is 12.2. The minimum atomic E-state index is 0.0761. The van der Waals surface area contributed by atoms with E-state index < -0.39 is 0 Å². The van der Waals surface area contributed by atoms with Gasteiger partial charge in [-0.15, -0.1) is 0 Å². The van der Waals surface area contributed by atoms with Gasteiger partial charge in [-0.1, -0.05) is 43.5 Å². The highest BCUT2D eigenvalue weighted by atomic mass is 16.2. The second-order valence-electron chi connectivity index (χ2n) is 9.45. The number of amides is 2. The van der Waals surface area contributed by atoms with Crippen molar-refractivity contribution >= 4 is 11.8 Å². The second-order valence-corrected chi connectivity index (χ2v) is 9.45. The minimum absolute atomic E-state index is 0.0761. The van der Waals surface area contributed by atoms with E-state index in [9.17, 15) is 9.59 Å². The molecule has 168 valence electrons. The van der Waals surface area contributed by atoms with Gasteiger partial charge >= 0.3 is 0 Å². The highest BCUT2D eigenvalue weighted by Gasteiger charge is 2.28. The monoisotopic (exact) mass is 431 g/mol. The Morgan fingerprint density at radius 1 is 0.688 bits per heavy atom. The summed E-state index contributed by atoms with van der Waals surface area (Å²) in [4.78, 5) is 32.5. The standard InChI is InChI=1S/C27H33N3O2/c31-26(21-7-3-1-4-8-21)30-14-13-22-19-23(11-12-24(22)20-30)27(32)29-17-15-28(16-18-29)25-9-5-2-6-10-25/h1,3-4,7-8,11-12,19,25H,2,5-6,9-10,13-18,20H2. The van der Waals surface area contributed by atoms with Crippen molar-refractivity contribution in [3.63, 3.8) is 0 Å². The van der Waals surface area contributed by atoms with Gasteiger partial charge in [-0.3, -0.25) is 14.5 Å². The van der Waals surface area contributed by atoms with E-state index in [1.54, 1.807) is 0 Å². The van der Waals surface area contributed by atoms with Crippen LogP contribution in [0, 0.1) is 0 Å². The van der Waals surface area contributed by atoms with Gasteiger partial charge in [-0.2, -0.15) is 0 Å². The molecule has 0 unspecified atom stereocenters. The minimum Gasteiger partial charge on any atom is -0.336 e. The van der Waals surface area contributed by atoms with Gasteiger partial charge in [0.1, 0.15) is 0 Å². The Morgan fingerprint density at radius 2 is 1.41 bits per heavy atom. The number of carbonyl (C=O) groups is 2. The van der Waals surface area contributed by atoms with Gasteiger partial charge < -0.3 is 9.80 Å². The Balaban J connectivity index is 1.20. The van der Waals surface area contributed by atoms with E-state index in [1.165, 1.54) is 37.7 Å². The summed E-state index contributed by atoms with van der Waals surface area (Å²) in [7, 11) is 0. The largest absolute Gasteiger partial charge is 0.336 e. The van der Waals surface area contributed by atoms with E-state index >= 15 is 0 Å². The molecule has 0 atom stereocenters. The average Bonchev–Trinajstić information content (AvgIpc) is 2.88. The van der Waals surface area contributed by atoms with Crippen LogP contribution in [-0.4, -0.2) is 65.3 Å². The number of fused-ring (bicyclic) bond motifs is 1. The molecule has 1 saturated carbocycles. The maximum atomic E-state index is 13.2. The zero-order valence-electron chi connectivity index (χ0n) is 18.8. The molecule has 1 saturated heterocycles. The van der Waals surface area contributed by atoms with E-state index in [0.717, 1.165) is 55.3 Å². The first-order chi connectivity index (χ1) is 15.7. The third-order valence-corrected chi connectivity index (χ3v) is 7.47. The first-order valence-electron chi connectivity index (χ1n) is 12.2. The normalized spacial score (nSPS) is 20.1. The van der Waals surface area contributed by atoms with Crippen molar-refractivity contribution in [2.24, 2.45) is 0 Å². The van der Waals surface area contributed by atoms with Crippen LogP contribution < -0.4 is 0 Å². The predicted molar refractivity (Wildman–Crippen MR) is 126 cm³/mol. The van der Waals surface area contributed by atoms with E-state index in [-0.39, 0.29) is 11.8 Å². The van der Waals surface area contributed by atoms with Crippen LogP contribution in [0.1, 0.15) is 63.9 Å². The molecule has 3 aliphatic rings. The van der Waals surface area contributed by atoms with Crippen LogP contribution >= 0.6 is 0 Å². The Labute approximate surface area is 191 Å². The molecule has 0 radical (unpaired) electrons. The second kappa shape index (κ2) is 9.45. The van der Waals surface area contributed by atoms with E-state index in [0.29, 0.717) is 13.1 Å². The molecule has 2 aliphatic heterocycles. The van der Waals surface area contributed by atoms with Crippen LogP contribution in [-0.2, 0) is 13.0 Å². The van der Waals surface area contributed by atoms with Crippen molar-refractivity contribution < 1.29 is 9.59 Å². The lowest BCUT2D eigenvalue weighted by atomic mass is 9.93. The zero-order chi connectivity index (χ0) is 21.9. The summed E-state index contributed by atoms with van der Waals surface area (Å²) in [6, 6.07) is 16.3. The molecule has 2 fully saturated rings. The number of hydrogen-bond acceptors (Lipinski definition) is 3. The molecular formula is C27H33N3O2. The topological polar surface area (TPSA) is 43.9 Å². The van der Waals surface area contributed by atoms with Crippen molar-refractivity contribution in [3.8, 4) is 0 Å². The van der Waals surface area contributed by atoms with Crippen LogP contribution in [0.2, 0.25) is 0 Å². The molecule has 0 N–H and O–H groups in total. The summed E-state index contributed by atoms with van der Waals surface area (Å²) >= 11 is 0. The number of hydrogen-bond donors (Lipinski definition) is 0. The third-order valence-electron chi connectivity index (χ3n) is 7.47. The first kappa shape index (κ1) is 21.2. The Hall–Kier alpha value is -2.66. The molecule has 32 heavy (non-hydrogen) atoms. The molecule has 2 amide bonds. The molecular weight excluding hydrogens is 398 g/mol. The molecule has 5 rings (SSSR count). The van der Waals surface area contributed by atoms with Crippen molar-refractivity contribution in [3.05, 3.63) is 70.8 Å². The summed E-state index contributed by atoms with van der Waals surface area (Å²) in [6.45, 7) is 4.95. The van der Waals surface area contributed by atoms with Gasteiger partial charge in [-0.25, -0.2) is 0 Å². The summed E-state index contributed by atoms with van der Waals surface area (Å²) in [6.07, 6.45) is 7.53. The van der Waals surface area contributed by atoms with Crippen molar-refractivity contribution in [1.82, 2.24) is 14.7 Å². The smallest absolute Gasteiger partial charge is 0.254 e. The fraction of sp³-hybridized carbons (Fsp3) is 0.481. The van der Waals surface area contributed by atoms with Crippen LogP contribution in [0.5, 0.6) is 0 Å². The molecule has 2 aromatic carbocycles. The lowest BCUT2D eigenvalue weighted by Gasteiger charge is -2.40. The molecule has 5 nitrogen and oxygen atoms in total. The molecule has 0 spiro atoms. The van der Waals surface area contributed by atoms with Crippen LogP contribution in [0.15, 0.2) is 48.5 Å². The average molecular weight is 432 g/mol. The number of piperazine rings is 1. The quantitative estimate of drug-likeness (QED) is 0.739. The van der Waals surface area contributed by atoms with E-state index in [2.05, 4.69) is 11.0 Å². The highest BCUT2D eigenvalue weighted by molar-refractivity contribution is 5.95. The van der Waals surface area contributed by atoms with E-state index in [1.807, 2.05) is 52.3 Å². The predicted octanol–water partition coefficient (Wildman–Crippen LogP) is 3.98. The Morgan fingerprint density at radius 3 is 2.16 bits per heavy atom. The van der Waals surface area contributed by atoms with Crippen molar-refractivity contribution in [1.29, 1.82) is 0 Å².